The summed E-state index contributed by atoms with van der Waals surface area (Å²) in [6, 6.07) is 10.4. The van der Waals surface area contributed by atoms with Gasteiger partial charge in [0.05, 0.1) is 6.10 Å². The number of aliphatic hydroxyl groups is 1. The molecule has 0 radical (unpaired) electrons. The molecule has 18 heavy (non-hydrogen) atoms. The van der Waals surface area contributed by atoms with E-state index in [0.29, 0.717) is 18.8 Å². The number of hydrogen-bond acceptors (Lipinski definition) is 2. The Morgan fingerprint density at radius 1 is 1.44 bits per heavy atom. The van der Waals surface area contributed by atoms with Crippen LogP contribution >= 0.6 is 0 Å². The fourth-order valence-corrected chi connectivity index (χ4v) is 2.47. The quantitative estimate of drug-likeness (QED) is 0.885. The van der Waals surface area contributed by atoms with Gasteiger partial charge in [-0.05, 0) is 25.3 Å². The van der Waals surface area contributed by atoms with E-state index >= 15 is 0 Å². The smallest absolute Gasteiger partial charge is 0.222 e. The second-order valence-corrected chi connectivity index (χ2v) is 5.12. The lowest BCUT2D eigenvalue weighted by atomic mass is 9.99. The molecule has 0 aliphatic carbocycles. The lowest BCUT2D eigenvalue weighted by Crippen LogP contribution is -2.28. The summed E-state index contributed by atoms with van der Waals surface area (Å²) >= 11 is 0. The molecule has 2 unspecified atom stereocenters. The van der Waals surface area contributed by atoms with Gasteiger partial charge in [-0.15, -0.1) is 0 Å². The van der Waals surface area contributed by atoms with Crippen LogP contribution in [0.1, 0.15) is 37.7 Å². The Hall–Kier alpha value is -1.35. The molecule has 2 rings (SSSR count). The summed E-state index contributed by atoms with van der Waals surface area (Å²) < 4.78 is 0. The Balaban J connectivity index is 1.87. The van der Waals surface area contributed by atoms with Crippen LogP contribution in [0.15, 0.2) is 30.3 Å². The predicted molar refractivity (Wildman–Crippen MR) is 71.3 cm³/mol. The van der Waals surface area contributed by atoms with Crippen LogP contribution in [0.5, 0.6) is 0 Å². The van der Waals surface area contributed by atoms with Crippen molar-refractivity contribution in [1.82, 2.24) is 4.90 Å². The van der Waals surface area contributed by atoms with Gasteiger partial charge in [-0.25, -0.2) is 0 Å². The van der Waals surface area contributed by atoms with Crippen molar-refractivity contribution in [3.63, 3.8) is 0 Å². The van der Waals surface area contributed by atoms with Gasteiger partial charge in [-0.3, -0.25) is 4.79 Å². The first-order valence-electron chi connectivity index (χ1n) is 6.67. The number of carbonyl (C=O) groups excluding carboxylic acids is 1. The summed E-state index contributed by atoms with van der Waals surface area (Å²) in [4.78, 5) is 13.9. The van der Waals surface area contributed by atoms with E-state index in [-0.39, 0.29) is 12.0 Å². The molecule has 1 amide bonds. The summed E-state index contributed by atoms with van der Waals surface area (Å²) in [5, 5.41) is 9.20. The number of carbonyl (C=O) groups is 1. The van der Waals surface area contributed by atoms with Gasteiger partial charge in [0.2, 0.25) is 5.91 Å². The lowest BCUT2D eigenvalue weighted by molar-refractivity contribution is -0.130. The van der Waals surface area contributed by atoms with Crippen molar-refractivity contribution in [2.75, 3.05) is 13.1 Å². The highest BCUT2D eigenvalue weighted by Crippen LogP contribution is 2.27. The van der Waals surface area contributed by atoms with Crippen molar-refractivity contribution in [3.8, 4) is 0 Å². The maximum atomic E-state index is 11.9. The molecule has 3 heteroatoms. The molecular weight excluding hydrogens is 226 g/mol. The summed E-state index contributed by atoms with van der Waals surface area (Å²) in [6.07, 6.45) is 1.68. The lowest BCUT2D eigenvalue weighted by Gasteiger charge is -2.17. The minimum atomic E-state index is -0.388. The van der Waals surface area contributed by atoms with E-state index in [0.717, 1.165) is 19.5 Å². The van der Waals surface area contributed by atoms with E-state index in [1.54, 1.807) is 6.92 Å². The Morgan fingerprint density at radius 2 is 2.17 bits per heavy atom. The first-order chi connectivity index (χ1) is 8.66. The van der Waals surface area contributed by atoms with Crippen molar-refractivity contribution in [2.24, 2.45) is 0 Å². The summed E-state index contributed by atoms with van der Waals surface area (Å²) in [6.45, 7) is 3.39. The monoisotopic (exact) mass is 247 g/mol. The number of likely N-dealkylation sites (tertiary alicyclic amines) is 1. The third-order valence-electron chi connectivity index (χ3n) is 3.59. The van der Waals surface area contributed by atoms with E-state index in [1.807, 2.05) is 23.1 Å². The van der Waals surface area contributed by atoms with Crippen molar-refractivity contribution >= 4 is 5.91 Å². The molecule has 1 aliphatic rings. The van der Waals surface area contributed by atoms with E-state index in [4.69, 9.17) is 0 Å². The molecule has 0 aromatic heterocycles. The Morgan fingerprint density at radius 3 is 2.83 bits per heavy atom. The van der Waals surface area contributed by atoms with Crippen LogP contribution in [0.2, 0.25) is 0 Å². The van der Waals surface area contributed by atoms with E-state index in [1.165, 1.54) is 5.56 Å². The number of amides is 1. The second-order valence-electron chi connectivity index (χ2n) is 5.12. The van der Waals surface area contributed by atoms with Gasteiger partial charge in [0.1, 0.15) is 0 Å². The summed E-state index contributed by atoms with van der Waals surface area (Å²) in [7, 11) is 0. The highest BCUT2D eigenvalue weighted by atomic mass is 16.3. The molecule has 1 heterocycles. The molecule has 0 spiro atoms. The fraction of sp³-hybridized carbons (Fsp3) is 0.533. The topological polar surface area (TPSA) is 40.5 Å². The highest BCUT2D eigenvalue weighted by Gasteiger charge is 2.26. The minimum absolute atomic E-state index is 0.175. The Labute approximate surface area is 108 Å². The number of aliphatic hydroxyl groups excluding tert-OH is 1. The molecule has 98 valence electrons. The molecule has 1 N–H and O–H groups in total. The largest absolute Gasteiger partial charge is 0.393 e. The van der Waals surface area contributed by atoms with Gasteiger partial charge in [-0.2, -0.15) is 0 Å². The Bertz CT molecular complexity index is 389. The number of benzene rings is 1. The van der Waals surface area contributed by atoms with Crippen LogP contribution in [0.4, 0.5) is 0 Å². The molecule has 2 atom stereocenters. The summed E-state index contributed by atoms with van der Waals surface area (Å²) in [5.74, 6) is 0.649. The van der Waals surface area contributed by atoms with Crippen LogP contribution < -0.4 is 0 Å². The van der Waals surface area contributed by atoms with Crippen molar-refractivity contribution in [3.05, 3.63) is 35.9 Å². The number of nitrogens with zero attached hydrogens (tertiary/aromatic N) is 1. The zero-order valence-electron chi connectivity index (χ0n) is 10.9. The zero-order valence-corrected chi connectivity index (χ0v) is 10.9. The third-order valence-corrected chi connectivity index (χ3v) is 3.59. The molecule has 1 aliphatic heterocycles. The normalized spacial score (nSPS) is 21.0. The average Bonchev–Trinajstić information content (AvgIpc) is 2.86. The van der Waals surface area contributed by atoms with Gasteiger partial charge in [0.15, 0.2) is 0 Å². The molecule has 0 saturated carbocycles. The van der Waals surface area contributed by atoms with Crippen molar-refractivity contribution in [2.45, 2.75) is 38.2 Å². The SMILES string of the molecule is CC(O)CCC(=O)N1CCC(c2ccccc2)C1. The highest BCUT2D eigenvalue weighted by molar-refractivity contribution is 5.76. The molecule has 3 nitrogen and oxygen atoms in total. The number of hydrogen-bond donors (Lipinski definition) is 1. The first kappa shape index (κ1) is 13.1. The first-order valence-corrected chi connectivity index (χ1v) is 6.67. The van der Waals surface area contributed by atoms with Crippen LogP contribution in [0.3, 0.4) is 0 Å². The van der Waals surface area contributed by atoms with Gasteiger partial charge < -0.3 is 10.0 Å². The maximum absolute atomic E-state index is 11.9. The minimum Gasteiger partial charge on any atom is -0.393 e. The molecule has 1 aromatic rings. The third kappa shape index (κ3) is 3.33. The molecule has 1 saturated heterocycles. The van der Waals surface area contributed by atoms with E-state index in [2.05, 4.69) is 12.1 Å². The van der Waals surface area contributed by atoms with Crippen LogP contribution in [0.25, 0.3) is 0 Å². The second kappa shape index (κ2) is 6.01. The van der Waals surface area contributed by atoms with Crippen LogP contribution in [0, 0.1) is 0 Å². The van der Waals surface area contributed by atoms with Gasteiger partial charge in [-0.1, -0.05) is 30.3 Å². The van der Waals surface area contributed by atoms with Crippen molar-refractivity contribution in [1.29, 1.82) is 0 Å². The van der Waals surface area contributed by atoms with Gasteiger partial charge >= 0.3 is 0 Å². The predicted octanol–water partition coefficient (Wildman–Crippen LogP) is 2.16. The maximum Gasteiger partial charge on any atom is 0.222 e. The van der Waals surface area contributed by atoms with E-state index < -0.39 is 0 Å². The average molecular weight is 247 g/mol. The van der Waals surface area contributed by atoms with Crippen LogP contribution in [-0.2, 0) is 4.79 Å². The van der Waals surface area contributed by atoms with Gasteiger partial charge in [0, 0.05) is 25.4 Å². The molecular formula is C15H21NO2. The van der Waals surface area contributed by atoms with Crippen molar-refractivity contribution < 1.29 is 9.90 Å². The fourth-order valence-electron chi connectivity index (χ4n) is 2.47. The molecule has 1 aromatic carbocycles. The standard InChI is InChI=1S/C15H21NO2/c1-12(17)7-8-15(18)16-10-9-14(11-16)13-5-3-2-4-6-13/h2-6,12,14,17H,7-11H2,1H3. The molecule has 1 fully saturated rings. The number of rotatable bonds is 4. The van der Waals surface area contributed by atoms with Crippen LogP contribution in [-0.4, -0.2) is 35.1 Å². The zero-order chi connectivity index (χ0) is 13.0. The molecule has 0 bridgehead atoms. The Kier molecular flexibility index (Phi) is 4.37. The van der Waals surface area contributed by atoms with Gasteiger partial charge in [0.25, 0.3) is 0 Å². The summed E-state index contributed by atoms with van der Waals surface area (Å²) in [5.41, 5.74) is 1.32. The van der Waals surface area contributed by atoms with E-state index in [9.17, 15) is 9.90 Å².